The number of aldehydes is 1. The highest BCUT2D eigenvalue weighted by Crippen LogP contribution is 2.19. The van der Waals surface area contributed by atoms with Gasteiger partial charge < -0.3 is 5.32 Å². The first-order chi connectivity index (χ1) is 9.69. The highest BCUT2D eigenvalue weighted by atomic mass is 16.2. The van der Waals surface area contributed by atoms with Gasteiger partial charge in [0.25, 0.3) is 0 Å². The predicted molar refractivity (Wildman–Crippen MR) is 79.7 cm³/mol. The first-order valence-electron chi connectivity index (χ1n) is 6.29. The topological polar surface area (TPSA) is 46.2 Å². The summed E-state index contributed by atoms with van der Waals surface area (Å²) in [6.45, 7) is 1.37. The molecule has 3 heteroatoms. The lowest BCUT2D eigenvalue weighted by Crippen LogP contribution is -2.19. The number of hydrogen-bond acceptors (Lipinski definition) is 2. The van der Waals surface area contributed by atoms with E-state index in [0.29, 0.717) is 6.29 Å². The van der Waals surface area contributed by atoms with Crippen molar-refractivity contribution < 1.29 is 9.59 Å². The molecule has 0 saturated carbocycles. The third-order valence-electron chi connectivity index (χ3n) is 2.79. The molecule has 3 nitrogen and oxygen atoms in total. The summed E-state index contributed by atoms with van der Waals surface area (Å²) in [6, 6.07) is 17.8. The van der Waals surface area contributed by atoms with Crippen LogP contribution in [0.5, 0.6) is 0 Å². The van der Waals surface area contributed by atoms with Crippen molar-refractivity contribution in [3.8, 4) is 11.1 Å². The first kappa shape index (κ1) is 13.7. The molecule has 0 unspecified atom stereocenters. The highest BCUT2D eigenvalue weighted by Gasteiger charge is 2.00. The Morgan fingerprint density at radius 1 is 0.950 bits per heavy atom. The third-order valence-corrected chi connectivity index (χ3v) is 2.79. The number of rotatable bonds is 4. The average Bonchev–Trinajstić information content (AvgIpc) is 2.48. The van der Waals surface area contributed by atoms with Crippen LogP contribution in [0.1, 0.15) is 12.5 Å². The van der Waals surface area contributed by atoms with E-state index in [2.05, 4.69) is 5.32 Å². The number of hydrogen-bond donors (Lipinski definition) is 1. The van der Waals surface area contributed by atoms with Gasteiger partial charge in [-0.05, 0) is 22.8 Å². The van der Waals surface area contributed by atoms with Gasteiger partial charge in [0.2, 0.25) is 5.91 Å². The van der Waals surface area contributed by atoms with Crippen LogP contribution in [-0.2, 0) is 9.59 Å². The Morgan fingerprint density at radius 3 is 2.10 bits per heavy atom. The van der Waals surface area contributed by atoms with Gasteiger partial charge in [0.15, 0.2) is 6.29 Å². The Balaban J connectivity index is 2.22. The quantitative estimate of drug-likeness (QED) is 0.682. The van der Waals surface area contributed by atoms with Crippen LogP contribution in [0.4, 0.5) is 0 Å². The summed E-state index contributed by atoms with van der Waals surface area (Å²) in [6.07, 6.45) is 2.27. The van der Waals surface area contributed by atoms with Crippen molar-refractivity contribution in [1.29, 1.82) is 0 Å². The number of carbonyl (C=O) groups excluding carboxylic acids is 2. The maximum Gasteiger partial charge on any atom is 0.221 e. The molecule has 0 spiro atoms. The molecule has 0 aliphatic carbocycles. The zero-order valence-electron chi connectivity index (χ0n) is 11.2. The van der Waals surface area contributed by atoms with Crippen molar-refractivity contribution in [2.45, 2.75) is 6.92 Å². The third kappa shape index (κ3) is 3.65. The average molecular weight is 265 g/mol. The molecule has 0 atom stereocenters. The van der Waals surface area contributed by atoms with E-state index in [-0.39, 0.29) is 11.6 Å². The fourth-order valence-electron chi connectivity index (χ4n) is 1.88. The molecular formula is C17H15NO2. The summed E-state index contributed by atoms with van der Waals surface area (Å²) in [5.41, 5.74) is 3.36. The molecule has 0 aliphatic rings. The van der Waals surface area contributed by atoms with Gasteiger partial charge in [-0.25, -0.2) is 0 Å². The van der Waals surface area contributed by atoms with Gasteiger partial charge in [0, 0.05) is 6.92 Å². The van der Waals surface area contributed by atoms with Gasteiger partial charge in [0.05, 0.1) is 5.70 Å². The molecule has 100 valence electrons. The molecule has 1 N–H and O–H groups in total. The Kier molecular flexibility index (Phi) is 4.45. The summed E-state index contributed by atoms with van der Waals surface area (Å²) in [5, 5.41) is 2.48. The van der Waals surface area contributed by atoms with E-state index in [9.17, 15) is 9.59 Å². The van der Waals surface area contributed by atoms with Gasteiger partial charge >= 0.3 is 0 Å². The molecule has 0 aliphatic heterocycles. The van der Waals surface area contributed by atoms with Crippen molar-refractivity contribution in [1.82, 2.24) is 5.32 Å². The normalized spacial score (nSPS) is 10.9. The minimum atomic E-state index is -0.260. The lowest BCUT2D eigenvalue weighted by molar-refractivity contribution is -0.119. The number of amides is 1. The van der Waals surface area contributed by atoms with Crippen molar-refractivity contribution in [3.05, 3.63) is 65.9 Å². The number of allylic oxidation sites excluding steroid dienone is 1. The molecular weight excluding hydrogens is 250 g/mol. The minimum absolute atomic E-state index is 0.255. The standard InChI is InChI=1S/C17H15NO2/c1-13(20)18-17(12-19)11-14-7-9-16(10-8-14)15-5-3-2-4-6-15/h2-12H,1H3,(H,18,20)/b17-11-. The van der Waals surface area contributed by atoms with E-state index in [0.717, 1.165) is 16.7 Å². The second-order valence-electron chi connectivity index (χ2n) is 4.39. The molecule has 0 fully saturated rings. The van der Waals surface area contributed by atoms with Gasteiger partial charge in [-0.2, -0.15) is 0 Å². The van der Waals surface area contributed by atoms with Crippen LogP contribution < -0.4 is 5.32 Å². The largest absolute Gasteiger partial charge is 0.324 e. The molecule has 2 aromatic rings. The van der Waals surface area contributed by atoms with E-state index in [1.807, 2.05) is 54.6 Å². The van der Waals surface area contributed by atoms with Crippen LogP contribution in [0, 0.1) is 0 Å². The van der Waals surface area contributed by atoms with Crippen molar-refractivity contribution in [2.75, 3.05) is 0 Å². The van der Waals surface area contributed by atoms with Crippen LogP contribution in [0.2, 0.25) is 0 Å². The van der Waals surface area contributed by atoms with E-state index < -0.39 is 0 Å². The lowest BCUT2D eigenvalue weighted by Gasteiger charge is -2.03. The summed E-state index contributed by atoms with van der Waals surface area (Å²) < 4.78 is 0. The van der Waals surface area contributed by atoms with E-state index in [4.69, 9.17) is 0 Å². The Bertz CT molecular complexity index is 628. The molecule has 0 bridgehead atoms. The van der Waals surface area contributed by atoms with E-state index in [1.54, 1.807) is 6.08 Å². The highest BCUT2D eigenvalue weighted by molar-refractivity contribution is 5.89. The van der Waals surface area contributed by atoms with Crippen molar-refractivity contribution in [2.24, 2.45) is 0 Å². The molecule has 1 amide bonds. The van der Waals surface area contributed by atoms with Crippen LogP contribution in [-0.4, -0.2) is 12.2 Å². The Morgan fingerprint density at radius 2 is 1.55 bits per heavy atom. The fourth-order valence-corrected chi connectivity index (χ4v) is 1.88. The molecule has 0 aromatic heterocycles. The summed E-state index contributed by atoms with van der Waals surface area (Å²) in [7, 11) is 0. The van der Waals surface area contributed by atoms with Crippen molar-refractivity contribution in [3.63, 3.8) is 0 Å². The van der Waals surface area contributed by atoms with E-state index in [1.165, 1.54) is 6.92 Å². The predicted octanol–water partition coefficient (Wildman–Crippen LogP) is 3.03. The zero-order valence-corrected chi connectivity index (χ0v) is 11.2. The van der Waals surface area contributed by atoms with Gasteiger partial charge in [0.1, 0.15) is 0 Å². The molecule has 0 radical (unpaired) electrons. The molecule has 2 aromatic carbocycles. The summed E-state index contributed by atoms with van der Waals surface area (Å²) in [5.74, 6) is -0.260. The minimum Gasteiger partial charge on any atom is -0.324 e. The second kappa shape index (κ2) is 6.48. The SMILES string of the molecule is CC(=O)N/C(C=O)=C\c1ccc(-c2ccccc2)cc1. The maximum absolute atomic E-state index is 10.9. The number of nitrogens with one attached hydrogen (secondary N) is 1. The summed E-state index contributed by atoms with van der Waals surface area (Å²) >= 11 is 0. The second-order valence-corrected chi connectivity index (χ2v) is 4.39. The molecule has 0 saturated heterocycles. The Hall–Kier alpha value is -2.68. The van der Waals surface area contributed by atoms with Gasteiger partial charge in [-0.15, -0.1) is 0 Å². The maximum atomic E-state index is 10.9. The van der Waals surface area contributed by atoms with Gasteiger partial charge in [-0.3, -0.25) is 9.59 Å². The van der Waals surface area contributed by atoms with Crippen LogP contribution in [0.3, 0.4) is 0 Å². The first-order valence-corrected chi connectivity index (χ1v) is 6.29. The smallest absolute Gasteiger partial charge is 0.221 e. The van der Waals surface area contributed by atoms with Crippen molar-refractivity contribution >= 4 is 18.3 Å². The van der Waals surface area contributed by atoms with Crippen LogP contribution >= 0.6 is 0 Å². The zero-order chi connectivity index (χ0) is 14.4. The lowest BCUT2D eigenvalue weighted by atomic mass is 10.0. The molecule has 2 rings (SSSR count). The van der Waals surface area contributed by atoms with Gasteiger partial charge in [-0.1, -0.05) is 54.6 Å². The fraction of sp³-hybridized carbons (Fsp3) is 0.0588. The monoisotopic (exact) mass is 265 g/mol. The Labute approximate surface area is 117 Å². The molecule has 20 heavy (non-hydrogen) atoms. The number of carbonyl (C=O) groups is 2. The molecule has 0 heterocycles. The van der Waals surface area contributed by atoms with E-state index >= 15 is 0 Å². The van der Waals surface area contributed by atoms with Crippen LogP contribution in [0.25, 0.3) is 17.2 Å². The van der Waals surface area contributed by atoms with Crippen LogP contribution in [0.15, 0.2) is 60.3 Å². The number of benzene rings is 2. The summed E-state index contributed by atoms with van der Waals surface area (Å²) in [4.78, 5) is 21.8.